The maximum atomic E-state index is 10.1. The highest BCUT2D eigenvalue weighted by atomic mass is 16.7. The molecule has 0 amide bonds. The predicted octanol–water partition coefficient (Wildman–Crippen LogP) is 1.80. The third-order valence-corrected chi connectivity index (χ3v) is 3.20. The number of aldehydes is 1. The van der Waals surface area contributed by atoms with Gasteiger partial charge in [-0.05, 0) is 41.0 Å². The Hall–Kier alpha value is -0.790. The van der Waals surface area contributed by atoms with Crippen molar-refractivity contribution in [1.29, 1.82) is 0 Å². The third kappa shape index (κ3) is 6.54. The van der Waals surface area contributed by atoms with E-state index in [1.54, 1.807) is 13.8 Å². The Bertz CT molecular complexity index is 390. The van der Waals surface area contributed by atoms with E-state index >= 15 is 0 Å². The van der Waals surface area contributed by atoms with Crippen LogP contribution in [-0.2, 0) is 23.7 Å². The van der Waals surface area contributed by atoms with Crippen molar-refractivity contribution in [3.8, 4) is 0 Å². The second-order valence-electron chi connectivity index (χ2n) is 6.60. The standard InChI is InChI=1S/C10H18O3.C6H10O3/c1-7(2)5-8(11)9-6-12-10(3,4)13-9;1-6(2)8-4-5(3-7)9-6/h8-9,11H,1,5-6H2,2-4H3;3,5H,4H2,1-2H3/t8-,9+;5-/m00/s1. The lowest BCUT2D eigenvalue weighted by atomic mass is 10.1. The van der Waals surface area contributed by atoms with Gasteiger partial charge >= 0.3 is 0 Å². The minimum Gasteiger partial charge on any atom is -0.390 e. The van der Waals surface area contributed by atoms with E-state index in [9.17, 15) is 9.90 Å². The fourth-order valence-corrected chi connectivity index (χ4v) is 2.18. The average molecular weight is 316 g/mol. The Morgan fingerprint density at radius 2 is 1.77 bits per heavy atom. The zero-order chi connectivity index (χ0) is 17.0. The molecule has 2 rings (SSSR count). The van der Waals surface area contributed by atoms with Crippen LogP contribution < -0.4 is 0 Å². The van der Waals surface area contributed by atoms with Gasteiger partial charge in [0.2, 0.25) is 0 Å². The Kier molecular flexibility index (Phi) is 6.70. The van der Waals surface area contributed by atoms with Crippen LogP contribution in [0, 0.1) is 0 Å². The van der Waals surface area contributed by atoms with Crippen LogP contribution in [0.1, 0.15) is 41.0 Å². The van der Waals surface area contributed by atoms with Crippen LogP contribution in [0.2, 0.25) is 0 Å². The Morgan fingerprint density at radius 3 is 2.09 bits per heavy atom. The molecule has 2 aliphatic rings. The number of aliphatic hydroxyl groups is 1. The van der Waals surface area contributed by atoms with Crippen LogP contribution in [0.25, 0.3) is 0 Å². The largest absolute Gasteiger partial charge is 0.390 e. The fraction of sp³-hybridized carbons (Fsp3) is 0.812. The van der Waals surface area contributed by atoms with Crippen LogP contribution in [0.3, 0.4) is 0 Å². The van der Waals surface area contributed by atoms with E-state index in [1.807, 2.05) is 20.8 Å². The molecule has 2 aliphatic heterocycles. The predicted molar refractivity (Wildman–Crippen MR) is 81.3 cm³/mol. The molecule has 1 N–H and O–H groups in total. The highest BCUT2D eigenvalue weighted by Gasteiger charge is 2.36. The maximum absolute atomic E-state index is 10.1. The summed E-state index contributed by atoms with van der Waals surface area (Å²) in [6, 6.07) is 0. The van der Waals surface area contributed by atoms with E-state index in [0.29, 0.717) is 19.6 Å². The van der Waals surface area contributed by atoms with Crippen molar-refractivity contribution in [2.24, 2.45) is 0 Å². The molecule has 128 valence electrons. The van der Waals surface area contributed by atoms with Gasteiger partial charge in [-0.1, -0.05) is 5.57 Å². The SMILES string of the molecule is C=C(C)C[C@H](O)[C@H]1COC(C)(C)O1.CC1(C)OC[C@H](C=O)O1. The molecule has 0 unspecified atom stereocenters. The number of hydrogen-bond donors (Lipinski definition) is 1. The van der Waals surface area contributed by atoms with Crippen molar-refractivity contribution in [3.05, 3.63) is 12.2 Å². The van der Waals surface area contributed by atoms with Gasteiger partial charge in [-0.3, -0.25) is 0 Å². The molecule has 2 fully saturated rings. The molecule has 6 nitrogen and oxygen atoms in total. The van der Waals surface area contributed by atoms with E-state index in [0.717, 1.165) is 11.9 Å². The smallest absolute Gasteiger partial charge is 0.163 e. The summed E-state index contributed by atoms with van der Waals surface area (Å²) in [4.78, 5) is 10.1. The molecule has 6 heteroatoms. The number of rotatable bonds is 4. The number of aliphatic hydroxyl groups excluding tert-OH is 1. The van der Waals surface area contributed by atoms with Crippen molar-refractivity contribution < 1.29 is 28.8 Å². The lowest BCUT2D eigenvalue weighted by Crippen LogP contribution is -2.30. The van der Waals surface area contributed by atoms with E-state index in [1.165, 1.54) is 0 Å². The van der Waals surface area contributed by atoms with Gasteiger partial charge in [-0.25, -0.2) is 0 Å². The van der Waals surface area contributed by atoms with Gasteiger partial charge in [0.15, 0.2) is 17.9 Å². The van der Waals surface area contributed by atoms with Gasteiger partial charge < -0.3 is 28.8 Å². The highest BCUT2D eigenvalue weighted by molar-refractivity contribution is 5.56. The molecule has 0 aromatic rings. The first kappa shape index (κ1) is 19.3. The molecule has 0 aliphatic carbocycles. The molecule has 0 spiro atoms. The molecule has 0 bridgehead atoms. The molecule has 3 atom stereocenters. The monoisotopic (exact) mass is 316 g/mol. The summed E-state index contributed by atoms with van der Waals surface area (Å²) in [6.45, 7) is 13.8. The van der Waals surface area contributed by atoms with Gasteiger partial charge in [0.05, 0.1) is 19.3 Å². The Balaban J connectivity index is 0.000000235. The summed E-state index contributed by atoms with van der Waals surface area (Å²) >= 11 is 0. The van der Waals surface area contributed by atoms with Crippen molar-refractivity contribution in [3.63, 3.8) is 0 Å². The zero-order valence-corrected chi connectivity index (χ0v) is 14.1. The molecule has 0 saturated carbocycles. The molecule has 0 aromatic heterocycles. The van der Waals surface area contributed by atoms with Gasteiger partial charge in [-0.2, -0.15) is 0 Å². The normalized spacial score (nSPS) is 30.3. The van der Waals surface area contributed by atoms with Crippen molar-refractivity contribution in [2.45, 2.75) is 70.9 Å². The third-order valence-electron chi connectivity index (χ3n) is 3.20. The number of hydrogen-bond acceptors (Lipinski definition) is 6. The zero-order valence-electron chi connectivity index (χ0n) is 14.1. The van der Waals surface area contributed by atoms with E-state index < -0.39 is 17.7 Å². The first-order valence-electron chi connectivity index (χ1n) is 7.46. The first-order chi connectivity index (χ1) is 10.0. The average Bonchev–Trinajstić information content (AvgIpc) is 2.91. The van der Waals surface area contributed by atoms with Gasteiger partial charge in [0.1, 0.15) is 12.2 Å². The van der Waals surface area contributed by atoms with Crippen LogP contribution in [0.4, 0.5) is 0 Å². The summed E-state index contributed by atoms with van der Waals surface area (Å²) < 4.78 is 21.0. The first-order valence-corrected chi connectivity index (χ1v) is 7.46. The summed E-state index contributed by atoms with van der Waals surface area (Å²) in [5.74, 6) is -1.12. The van der Waals surface area contributed by atoms with Crippen molar-refractivity contribution in [2.75, 3.05) is 13.2 Å². The number of carbonyl (C=O) groups excluding carboxylic acids is 1. The minimum atomic E-state index is -0.564. The molecule has 2 saturated heterocycles. The highest BCUT2D eigenvalue weighted by Crippen LogP contribution is 2.25. The van der Waals surface area contributed by atoms with Crippen LogP contribution >= 0.6 is 0 Å². The van der Waals surface area contributed by atoms with Gasteiger partial charge in [0.25, 0.3) is 0 Å². The van der Waals surface area contributed by atoms with E-state index in [2.05, 4.69) is 6.58 Å². The summed E-state index contributed by atoms with van der Waals surface area (Å²) in [5, 5.41) is 9.69. The lowest BCUT2D eigenvalue weighted by molar-refractivity contribution is -0.150. The molecular formula is C16H28O6. The quantitative estimate of drug-likeness (QED) is 0.630. The second-order valence-corrected chi connectivity index (χ2v) is 6.60. The molecule has 0 radical (unpaired) electrons. The van der Waals surface area contributed by atoms with Crippen LogP contribution in [0.5, 0.6) is 0 Å². The topological polar surface area (TPSA) is 74.2 Å². The fourth-order valence-electron chi connectivity index (χ4n) is 2.18. The lowest BCUT2D eigenvalue weighted by Gasteiger charge is -2.20. The summed E-state index contributed by atoms with van der Waals surface area (Å²) in [5.41, 5.74) is 0.959. The van der Waals surface area contributed by atoms with Crippen molar-refractivity contribution >= 4 is 6.29 Å². The number of ether oxygens (including phenoxy) is 4. The van der Waals surface area contributed by atoms with E-state index in [4.69, 9.17) is 18.9 Å². The minimum absolute atomic E-state index is 0.216. The van der Waals surface area contributed by atoms with Gasteiger partial charge in [0, 0.05) is 0 Å². The second kappa shape index (κ2) is 7.66. The Labute approximate surface area is 132 Å². The molecule has 2 heterocycles. The Morgan fingerprint density at radius 1 is 1.23 bits per heavy atom. The van der Waals surface area contributed by atoms with E-state index in [-0.39, 0.29) is 12.2 Å². The van der Waals surface area contributed by atoms with Crippen LogP contribution in [-0.4, -0.2) is 54.5 Å². The van der Waals surface area contributed by atoms with Gasteiger partial charge in [-0.15, -0.1) is 6.58 Å². The summed E-state index contributed by atoms with van der Waals surface area (Å²) in [6.07, 6.45) is 0.254. The molecule has 0 aromatic carbocycles. The molecule has 22 heavy (non-hydrogen) atoms. The maximum Gasteiger partial charge on any atom is 0.163 e. The summed E-state index contributed by atoms with van der Waals surface area (Å²) in [7, 11) is 0. The molecular weight excluding hydrogens is 288 g/mol. The van der Waals surface area contributed by atoms with Crippen molar-refractivity contribution in [1.82, 2.24) is 0 Å². The van der Waals surface area contributed by atoms with Crippen LogP contribution in [0.15, 0.2) is 12.2 Å². The number of carbonyl (C=O) groups is 1.